The van der Waals surface area contributed by atoms with Gasteiger partial charge in [-0.05, 0) is 40.2 Å². The molecule has 0 saturated heterocycles. The molecule has 13 nitrogen and oxygen atoms in total. The molecule has 1 aromatic rings. The van der Waals surface area contributed by atoms with E-state index in [9.17, 15) is 24.0 Å². The summed E-state index contributed by atoms with van der Waals surface area (Å²) in [6, 6.07) is 3.59. The van der Waals surface area contributed by atoms with Crippen molar-refractivity contribution < 1.29 is 38.2 Å². The molecule has 3 unspecified atom stereocenters. The Hall–Kier alpha value is -4.33. The van der Waals surface area contributed by atoms with Crippen molar-refractivity contribution in [3.8, 4) is 5.75 Å². The lowest BCUT2D eigenvalue weighted by molar-refractivity contribution is -0.123. The highest BCUT2D eigenvalue weighted by Crippen LogP contribution is 2.27. The number of ether oxygens (including phenoxy) is 3. The first kappa shape index (κ1) is 30.9. The summed E-state index contributed by atoms with van der Waals surface area (Å²) in [4.78, 5) is 62.1. The third kappa shape index (κ3) is 9.48. The van der Waals surface area contributed by atoms with Gasteiger partial charge in [0.05, 0.1) is 25.3 Å². The van der Waals surface area contributed by atoms with E-state index in [4.69, 9.17) is 19.9 Å². The molecule has 210 valence electrons. The summed E-state index contributed by atoms with van der Waals surface area (Å²) >= 11 is 3.32. The second kappa shape index (κ2) is 15.2. The smallest absolute Gasteiger partial charge is 0.407 e. The Morgan fingerprint density at radius 3 is 2.26 bits per heavy atom. The summed E-state index contributed by atoms with van der Waals surface area (Å²) < 4.78 is 16.6. The molecular weight excluding hydrogens is 578 g/mol. The molecule has 0 spiro atoms. The molecule has 0 fully saturated rings. The van der Waals surface area contributed by atoms with Gasteiger partial charge >= 0.3 is 12.2 Å². The van der Waals surface area contributed by atoms with Crippen LogP contribution in [0.1, 0.15) is 16.8 Å². The molecule has 0 radical (unpaired) electrons. The van der Waals surface area contributed by atoms with E-state index in [0.29, 0.717) is 10.2 Å². The molecule has 1 aliphatic carbocycles. The first-order chi connectivity index (χ1) is 18.6. The molecule has 0 aromatic heterocycles. The average molecular weight is 608 g/mol. The molecule has 39 heavy (non-hydrogen) atoms. The highest BCUT2D eigenvalue weighted by molar-refractivity contribution is 9.10. The van der Waals surface area contributed by atoms with Gasteiger partial charge in [-0.3, -0.25) is 14.4 Å². The Balaban J connectivity index is 2.47. The van der Waals surface area contributed by atoms with Crippen molar-refractivity contribution in [3.05, 3.63) is 65.2 Å². The van der Waals surface area contributed by atoms with Crippen molar-refractivity contribution >= 4 is 45.8 Å². The summed E-state index contributed by atoms with van der Waals surface area (Å²) in [6.45, 7) is 6.75. The van der Waals surface area contributed by atoms with Gasteiger partial charge in [-0.15, -0.1) is 13.2 Å². The Kier molecular flexibility index (Phi) is 12.0. The van der Waals surface area contributed by atoms with E-state index < -0.39 is 54.7 Å². The molecule has 1 aliphatic rings. The number of carbonyl (C=O) groups is 5. The van der Waals surface area contributed by atoms with Gasteiger partial charge < -0.3 is 41.2 Å². The van der Waals surface area contributed by atoms with E-state index in [1.165, 1.54) is 31.4 Å². The maximum Gasteiger partial charge on any atom is 0.407 e. The quantitative estimate of drug-likeness (QED) is 0.218. The first-order valence-corrected chi connectivity index (χ1v) is 12.4. The van der Waals surface area contributed by atoms with Gasteiger partial charge in [0.15, 0.2) is 6.10 Å². The molecule has 0 aliphatic heterocycles. The lowest BCUT2D eigenvalue weighted by Crippen LogP contribution is -2.55. The molecule has 2 rings (SSSR count). The largest absolute Gasteiger partial charge is 0.497 e. The van der Waals surface area contributed by atoms with Crippen molar-refractivity contribution in [1.82, 2.24) is 21.3 Å². The van der Waals surface area contributed by atoms with Crippen LogP contribution in [0, 0.1) is 0 Å². The molecular formula is C25H30BrN5O8. The third-order valence-electron chi connectivity index (χ3n) is 5.24. The standard InChI is InChI=1S/C25H30BrN5O8/c1-4-8-28-24(35)38-19-11-14(22(33)30-13-20(27)32)10-18(21(19)39-25(36)29-9-5-2)31-23(34)16-12-15(37-3)6-7-17(16)26/h4-7,10,12,18-19,21H,1-2,8-9,11,13H2,3H3,(H2,27,32)(H,28,35)(H,29,36)(H,30,33)(H,31,34). The number of nitrogens with two attached hydrogens (primary N) is 1. The second-order valence-corrected chi connectivity index (χ2v) is 8.90. The second-order valence-electron chi connectivity index (χ2n) is 8.04. The Morgan fingerprint density at radius 1 is 1.03 bits per heavy atom. The van der Waals surface area contributed by atoms with E-state index >= 15 is 0 Å². The monoisotopic (exact) mass is 607 g/mol. The van der Waals surface area contributed by atoms with Gasteiger partial charge in [0.2, 0.25) is 11.8 Å². The van der Waals surface area contributed by atoms with Crippen LogP contribution in [0.4, 0.5) is 9.59 Å². The van der Waals surface area contributed by atoms with E-state index in [0.717, 1.165) is 0 Å². The minimum atomic E-state index is -1.26. The van der Waals surface area contributed by atoms with Crippen molar-refractivity contribution in [2.24, 2.45) is 5.73 Å². The zero-order chi connectivity index (χ0) is 28.9. The van der Waals surface area contributed by atoms with Crippen LogP contribution >= 0.6 is 15.9 Å². The fraction of sp³-hybridized carbons (Fsp3) is 0.320. The summed E-state index contributed by atoms with van der Waals surface area (Å²) in [5, 5.41) is 9.95. The lowest BCUT2D eigenvalue weighted by Gasteiger charge is -2.36. The SMILES string of the molecule is C=CCNC(=O)OC1CC(C(=O)NCC(N)=O)=CC(NC(=O)c2cc(OC)ccc2Br)C1OC(=O)NCC=C. The maximum absolute atomic E-state index is 13.3. The van der Waals surface area contributed by atoms with Crippen LogP contribution in [-0.4, -0.2) is 74.9 Å². The van der Waals surface area contributed by atoms with Gasteiger partial charge in [-0.25, -0.2) is 9.59 Å². The van der Waals surface area contributed by atoms with Crippen molar-refractivity contribution in [2.45, 2.75) is 24.7 Å². The van der Waals surface area contributed by atoms with Crippen LogP contribution in [0.15, 0.2) is 59.6 Å². The summed E-state index contributed by atoms with van der Waals surface area (Å²) in [6.07, 6.45) is -0.226. The molecule has 14 heteroatoms. The fourth-order valence-corrected chi connectivity index (χ4v) is 3.89. The highest BCUT2D eigenvalue weighted by atomic mass is 79.9. The number of benzene rings is 1. The van der Waals surface area contributed by atoms with Crippen molar-refractivity contribution in [1.29, 1.82) is 0 Å². The van der Waals surface area contributed by atoms with Crippen LogP contribution in [0.3, 0.4) is 0 Å². The summed E-state index contributed by atoms with van der Waals surface area (Å²) in [7, 11) is 1.44. The van der Waals surface area contributed by atoms with Crippen molar-refractivity contribution in [2.75, 3.05) is 26.7 Å². The van der Waals surface area contributed by atoms with Gasteiger partial charge in [0.25, 0.3) is 5.91 Å². The van der Waals surface area contributed by atoms with Crippen LogP contribution in [0.25, 0.3) is 0 Å². The van der Waals surface area contributed by atoms with E-state index in [1.54, 1.807) is 12.1 Å². The van der Waals surface area contributed by atoms with Crippen molar-refractivity contribution in [3.63, 3.8) is 0 Å². The van der Waals surface area contributed by atoms with Gasteiger partial charge in [0.1, 0.15) is 11.9 Å². The van der Waals surface area contributed by atoms with Crippen LogP contribution in [-0.2, 0) is 19.1 Å². The lowest BCUT2D eigenvalue weighted by atomic mass is 9.89. The number of carbonyl (C=O) groups excluding carboxylic acids is 5. The van der Waals surface area contributed by atoms with Crippen LogP contribution < -0.4 is 31.7 Å². The molecule has 5 amide bonds. The average Bonchev–Trinajstić information content (AvgIpc) is 2.90. The summed E-state index contributed by atoms with van der Waals surface area (Å²) in [5.74, 6) is -1.67. The maximum atomic E-state index is 13.3. The number of alkyl carbamates (subject to hydrolysis) is 2. The summed E-state index contributed by atoms with van der Waals surface area (Å²) in [5.41, 5.74) is 5.36. The number of hydrogen-bond donors (Lipinski definition) is 5. The van der Waals surface area contributed by atoms with E-state index in [-0.39, 0.29) is 30.6 Å². The number of halogens is 1. The minimum absolute atomic E-state index is 0.0547. The molecule has 3 atom stereocenters. The number of methoxy groups -OCH3 is 1. The molecule has 0 heterocycles. The Morgan fingerprint density at radius 2 is 1.67 bits per heavy atom. The van der Waals surface area contributed by atoms with Crippen LogP contribution in [0.2, 0.25) is 0 Å². The molecule has 6 N–H and O–H groups in total. The fourth-order valence-electron chi connectivity index (χ4n) is 3.46. The molecule has 0 saturated carbocycles. The van der Waals surface area contributed by atoms with E-state index in [1.807, 2.05) is 0 Å². The zero-order valence-corrected chi connectivity index (χ0v) is 22.7. The number of primary amides is 1. The topological polar surface area (TPSA) is 187 Å². The zero-order valence-electron chi connectivity index (χ0n) is 21.2. The normalized spacial score (nSPS) is 17.9. The first-order valence-electron chi connectivity index (χ1n) is 11.6. The number of rotatable bonds is 12. The van der Waals surface area contributed by atoms with Crippen LogP contribution in [0.5, 0.6) is 5.75 Å². The molecule has 0 bridgehead atoms. The Bertz CT molecular complexity index is 1160. The Labute approximate surface area is 233 Å². The number of amides is 5. The van der Waals surface area contributed by atoms with E-state index in [2.05, 4.69) is 50.4 Å². The number of hydrogen-bond acceptors (Lipinski definition) is 8. The number of nitrogens with one attached hydrogen (secondary N) is 4. The molecule has 1 aromatic carbocycles. The predicted molar refractivity (Wildman–Crippen MR) is 144 cm³/mol. The van der Waals surface area contributed by atoms with Gasteiger partial charge in [-0.2, -0.15) is 0 Å². The highest BCUT2D eigenvalue weighted by Gasteiger charge is 2.41. The minimum Gasteiger partial charge on any atom is -0.497 e. The predicted octanol–water partition coefficient (Wildman–Crippen LogP) is 1.05. The van der Waals surface area contributed by atoms with Gasteiger partial charge in [-0.1, -0.05) is 12.2 Å². The van der Waals surface area contributed by atoms with Gasteiger partial charge in [0, 0.05) is 29.6 Å². The third-order valence-corrected chi connectivity index (χ3v) is 5.93.